The van der Waals surface area contributed by atoms with Crippen LogP contribution in [0.15, 0.2) is 211 Å². The van der Waals surface area contributed by atoms with Crippen LogP contribution in [0, 0.1) is 6.92 Å². The van der Waals surface area contributed by atoms with Gasteiger partial charge in [-0.3, -0.25) is 0 Å². The van der Waals surface area contributed by atoms with Gasteiger partial charge in [0.2, 0.25) is 0 Å². The monoisotopic (exact) mass is 661 g/mol. The van der Waals surface area contributed by atoms with Gasteiger partial charge in [0.05, 0.1) is 0 Å². The molecule has 0 aliphatic heterocycles. The number of benzene rings is 3. The largest absolute Gasteiger partial charge is 0.311 e. The first-order valence-electron chi connectivity index (χ1n) is 17.6. The van der Waals surface area contributed by atoms with Crippen molar-refractivity contribution in [1.29, 1.82) is 0 Å². The molecule has 0 unspecified atom stereocenters. The molecule has 0 radical (unpaired) electrons. The molecule has 0 heterocycles. The van der Waals surface area contributed by atoms with Crippen LogP contribution in [0.25, 0.3) is 22.8 Å². The Morgan fingerprint density at radius 3 is 2.20 bits per heavy atom. The summed E-state index contributed by atoms with van der Waals surface area (Å²) in [5.74, 6) is 0. The van der Waals surface area contributed by atoms with Crippen LogP contribution in [0.3, 0.4) is 0 Å². The van der Waals surface area contributed by atoms with E-state index >= 15 is 0 Å². The van der Waals surface area contributed by atoms with Gasteiger partial charge in [-0.05, 0) is 144 Å². The van der Waals surface area contributed by atoms with Crippen molar-refractivity contribution in [2.24, 2.45) is 0 Å². The lowest BCUT2D eigenvalue weighted by Gasteiger charge is -2.27. The lowest BCUT2D eigenvalue weighted by atomic mass is 9.85. The first kappa shape index (κ1) is 36.2. The van der Waals surface area contributed by atoms with Gasteiger partial charge in [0.25, 0.3) is 0 Å². The summed E-state index contributed by atoms with van der Waals surface area (Å²) in [5.41, 5.74) is 21.5. The maximum absolute atomic E-state index is 4.34. The van der Waals surface area contributed by atoms with E-state index in [0.717, 1.165) is 53.9 Å². The van der Waals surface area contributed by atoms with Gasteiger partial charge in [-0.2, -0.15) is 0 Å². The molecule has 0 fully saturated rings. The second-order valence-corrected chi connectivity index (χ2v) is 12.5. The molecular formula is C50H47N. The Hall–Kier alpha value is -6.10. The third-order valence-corrected chi connectivity index (χ3v) is 9.15. The van der Waals surface area contributed by atoms with E-state index in [0.29, 0.717) is 0 Å². The van der Waals surface area contributed by atoms with Crippen LogP contribution < -0.4 is 4.90 Å². The highest BCUT2D eigenvalue weighted by Gasteiger charge is 2.18. The summed E-state index contributed by atoms with van der Waals surface area (Å²) in [6.45, 7) is 20.3. The zero-order chi connectivity index (χ0) is 36.0. The zero-order valence-electron chi connectivity index (χ0n) is 30.0. The van der Waals surface area contributed by atoms with Crippen molar-refractivity contribution < 1.29 is 0 Å². The van der Waals surface area contributed by atoms with Crippen LogP contribution in [-0.2, 0) is 0 Å². The summed E-state index contributed by atoms with van der Waals surface area (Å²) in [6, 6.07) is 24.2. The Kier molecular flexibility index (Phi) is 12.8. The average Bonchev–Trinajstić information content (AvgIpc) is 3.16. The van der Waals surface area contributed by atoms with Gasteiger partial charge in [-0.25, -0.2) is 0 Å². The number of hydrogen-bond donors (Lipinski definition) is 0. The van der Waals surface area contributed by atoms with Gasteiger partial charge in [0.15, 0.2) is 0 Å². The molecule has 2 aliphatic carbocycles. The molecule has 0 bridgehead atoms. The molecule has 1 heteroatoms. The number of aryl methyl sites for hydroxylation is 1. The predicted octanol–water partition coefficient (Wildman–Crippen LogP) is 14.0. The molecule has 2 aliphatic rings. The Balaban J connectivity index is 1.53. The molecule has 5 rings (SSSR count). The minimum Gasteiger partial charge on any atom is -0.311 e. The van der Waals surface area contributed by atoms with Crippen molar-refractivity contribution in [1.82, 2.24) is 0 Å². The standard InChI is InChI=1S/C50H47N/c1-7-11-13-20-38(5)40(10-4)23-17-25-44(19-9-3)51(45-34-30-42(31-35-45)48-28-16-21-39(6)47(48)26-12-8-2)46-36-32-43(33-37-46)50-29-18-24-41-22-14-15-27-49(41)50/h7-13,16-17,19,21-22,25-37H,1-3,5,18,20,23-24H2,4,6H3/b13-11-,25-17-,26-12-,40-10-,44-19+. The second-order valence-electron chi connectivity index (χ2n) is 12.5. The highest BCUT2D eigenvalue weighted by molar-refractivity contribution is 5.86. The molecule has 0 aromatic heterocycles. The number of hydrogen-bond acceptors (Lipinski definition) is 1. The molecule has 0 atom stereocenters. The molecule has 0 saturated heterocycles. The third kappa shape index (κ3) is 8.93. The van der Waals surface area contributed by atoms with E-state index in [-0.39, 0.29) is 0 Å². The number of anilines is 2. The molecule has 0 spiro atoms. The van der Waals surface area contributed by atoms with Crippen molar-refractivity contribution >= 4 is 23.0 Å². The fraction of sp³-hybridized carbons (Fsp3) is 0.120. The number of nitrogens with zero attached hydrogens (tertiary/aromatic N) is 1. The molecule has 51 heavy (non-hydrogen) atoms. The van der Waals surface area contributed by atoms with Gasteiger partial charge in [-0.15, -0.1) is 0 Å². The van der Waals surface area contributed by atoms with E-state index in [9.17, 15) is 0 Å². The van der Waals surface area contributed by atoms with E-state index in [4.69, 9.17) is 0 Å². The van der Waals surface area contributed by atoms with E-state index < -0.39 is 0 Å². The van der Waals surface area contributed by atoms with Gasteiger partial charge in [0.1, 0.15) is 0 Å². The lowest BCUT2D eigenvalue weighted by molar-refractivity contribution is 0.982. The molecule has 1 nitrogen and oxygen atoms in total. The Bertz CT molecular complexity index is 2110. The minimum absolute atomic E-state index is 0.772. The van der Waals surface area contributed by atoms with Crippen LogP contribution in [0.4, 0.5) is 11.4 Å². The SMILES string of the molecule is C=C/C=C\CC(=C)/C(=C\C)C/C=C\C(=C/C=C)N(c1ccc(C2=CCCC3=C2C=C=C=C3)cc1)c1ccc(-c2cccc(C)c2/C=C\C=C)cc1. The minimum atomic E-state index is 0.772. The van der Waals surface area contributed by atoms with Crippen molar-refractivity contribution in [2.45, 2.75) is 39.5 Å². The topological polar surface area (TPSA) is 3.24 Å². The van der Waals surface area contributed by atoms with Crippen LogP contribution >= 0.6 is 0 Å². The molecule has 0 amide bonds. The molecule has 0 saturated carbocycles. The van der Waals surface area contributed by atoms with Crippen molar-refractivity contribution in [3.63, 3.8) is 0 Å². The first-order chi connectivity index (χ1) is 25.0. The van der Waals surface area contributed by atoms with Crippen molar-refractivity contribution in [3.8, 4) is 11.1 Å². The molecular weight excluding hydrogens is 615 g/mol. The summed E-state index contributed by atoms with van der Waals surface area (Å²) >= 11 is 0. The van der Waals surface area contributed by atoms with E-state index in [1.807, 2.05) is 24.3 Å². The summed E-state index contributed by atoms with van der Waals surface area (Å²) < 4.78 is 0. The zero-order valence-corrected chi connectivity index (χ0v) is 30.0. The number of rotatable bonds is 15. The summed E-state index contributed by atoms with van der Waals surface area (Å²) in [6.07, 6.45) is 32.4. The van der Waals surface area contributed by atoms with Gasteiger partial charge >= 0.3 is 0 Å². The highest BCUT2D eigenvalue weighted by atomic mass is 15.1. The third-order valence-electron chi connectivity index (χ3n) is 9.15. The summed E-state index contributed by atoms with van der Waals surface area (Å²) in [7, 11) is 0. The predicted molar refractivity (Wildman–Crippen MR) is 224 cm³/mol. The summed E-state index contributed by atoms with van der Waals surface area (Å²) in [5, 5.41) is 0. The van der Waals surface area contributed by atoms with E-state index in [1.165, 1.54) is 44.5 Å². The molecule has 3 aromatic carbocycles. The average molecular weight is 662 g/mol. The summed E-state index contributed by atoms with van der Waals surface area (Å²) in [4.78, 5) is 2.30. The first-order valence-corrected chi connectivity index (χ1v) is 17.6. The highest BCUT2D eigenvalue weighted by Crippen LogP contribution is 2.38. The molecule has 3 aromatic rings. The quantitative estimate of drug-likeness (QED) is 0.116. The van der Waals surface area contributed by atoms with Gasteiger partial charge in [-0.1, -0.05) is 141 Å². The van der Waals surface area contributed by atoms with E-state index in [2.05, 4.69) is 178 Å². The van der Waals surface area contributed by atoms with E-state index in [1.54, 1.807) is 6.08 Å². The van der Waals surface area contributed by atoms with Gasteiger partial charge in [0, 0.05) is 17.1 Å². The fourth-order valence-electron chi connectivity index (χ4n) is 6.51. The van der Waals surface area contributed by atoms with Gasteiger partial charge < -0.3 is 4.90 Å². The second kappa shape index (κ2) is 18.1. The van der Waals surface area contributed by atoms with Crippen LogP contribution in [0.2, 0.25) is 0 Å². The van der Waals surface area contributed by atoms with Crippen molar-refractivity contribution in [2.75, 3.05) is 4.90 Å². The van der Waals surface area contributed by atoms with Crippen LogP contribution in [0.5, 0.6) is 0 Å². The smallest absolute Gasteiger partial charge is 0.0462 e. The lowest BCUT2D eigenvalue weighted by Crippen LogP contribution is -2.15. The Morgan fingerprint density at radius 1 is 0.804 bits per heavy atom. The molecule has 0 N–H and O–H groups in total. The molecule has 252 valence electrons. The Labute approximate surface area is 305 Å². The van der Waals surface area contributed by atoms with Crippen molar-refractivity contribution in [3.05, 3.63) is 228 Å². The normalized spacial score (nSPS) is 14.4. The van der Waals surface area contributed by atoms with Crippen LogP contribution in [0.1, 0.15) is 49.3 Å². The Morgan fingerprint density at radius 2 is 1.51 bits per heavy atom. The maximum Gasteiger partial charge on any atom is 0.0462 e. The number of allylic oxidation sites excluding steroid dienone is 18. The fourth-order valence-corrected chi connectivity index (χ4v) is 6.51. The van der Waals surface area contributed by atoms with Crippen LogP contribution in [-0.4, -0.2) is 0 Å². The maximum atomic E-state index is 4.34.